The van der Waals surface area contributed by atoms with Gasteiger partial charge in [0.15, 0.2) is 0 Å². The molecule has 0 saturated carbocycles. The molecule has 0 atom stereocenters. The molecular formula is C12H14FN3. The quantitative estimate of drug-likeness (QED) is 0.763. The number of benzene rings is 1. The van der Waals surface area contributed by atoms with E-state index >= 15 is 0 Å². The summed E-state index contributed by atoms with van der Waals surface area (Å²) in [5, 5.41) is 0. The predicted octanol–water partition coefficient (Wildman–Crippen LogP) is 2.67. The standard InChI is InChI=1S/C12H14FN3/c1-3-11-7(2)15-12(16-11)8-4-9(13)6-10(14)5-8/h4-6H,3,14H2,1-2H3,(H,15,16). The number of nitrogen functional groups attached to an aromatic ring is 1. The summed E-state index contributed by atoms with van der Waals surface area (Å²) < 4.78 is 13.2. The Kier molecular flexibility index (Phi) is 2.64. The fourth-order valence-electron chi connectivity index (χ4n) is 1.73. The van der Waals surface area contributed by atoms with E-state index in [0.717, 1.165) is 17.8 Å². The fourth-order valence-corrected chi connectivity index (χ4v) is 1.73. The van der Waals surface area contributed by atoms with Crippen molar-refractivity contribution in [3.05, 3.63) is 35.4 Å². The van der Waals surface area contributed by atoms with Gasteiger partial charge in [-0.1, -0.05) is 6.92 Å². The zero-order valence-corrected chi connectivity index (χ0v) is 9.34. The van der Waals surface area contributed by atoms with Crippen LogP contribution in [0.2, 0.25) is 0 Å². The summed E-state index contributed by atoms with van der Waals surface area (Å²) >= 11 is 0. The highest BCUT2D eigenvalue weighted by Crippen LogP contribution is 2.22. The lowest BCUT2D eigenvalue weighted by Crippen LogP contribution is -1.89. The lowest BCUT2D eigenvalue weighted by molar-refractivity contribution is 0.629. The minimum Gasteiger partial charge on any atom is -0.399 e. The molecule has 4 heteroatoms. The van der Waals surface area contributed by atoms with Crippen LogP contribution in [0.25, 0.3) is 11.4 Å². The number of nitrogens with zero attached hydrogens (tertiary/aromatic N) is 1. The van der Waals surface area contributed by atoms with Crippen molar-refractivity contribution in [1.82, 2.24) is 9.97 Å². The van der Waals surface area contributed by atoms with Gasteiger partial charge in [0.1, 0.15) is 11.6 Å². The monoisotopic (exact) mass is 219 g/mol. The van der Waals surface area contributed by atoms with Crippen LogP contribution in [0, 0.1) is 12.7 Å². The molecule has 3 N–H and O–H groups in total. The van der Waals surface area contributed by atoms with Crippen molar-refractivity contribution in [1.29, 1.82) is 0 Å². The maximum absolute atomic E-state index is 13.2. The summed E-state index contributed by atoms with van der Waals surface area (Å²) in [7, 11) is 0. The van der Waals surface area contributed by atoms with Crippen molar-refractivity contribution in [2.24, 2.45) is 0 Å². The van der Waals surface area contributed by atoms with Gasteiger partial charge in [-0.25, -0.2) is 9.37 Å². The molecule has 1 aromatic heterocycles. The zero-order chi connectivity index (χ0) is 11.7. The lowest BCUT2D eigenvalue weighted by Gasteiger charge is -1.99. The molecule has 0 amide bonds. The SMILES string of the molecule is CCc1nc(-c2cc(N)cc(F)c2)[nH]c1C. The van der Waals surface area contributed by atoms with E-state index in [1.165, 1.54) is 12.1 Å². The fraction of sp³-hybridized carbons (Fsp3) is 0.250. The van der Waals surface area contributed by atoms with Crippen molar-refractivity contribution in [2.45, 2.75) is 20.3 Å². The normalized spacial score (nSPS) is 10.7. The van der Waals surface area contributed by atoms with E-state index in [1.54, 1.807) is 6.07 Å². The number of hydrogen-bond acceptors (Lipinski definition) is 2. The number of H-pyrrole nitrogens is 1. The van der Waals surface area contributed by atoms with Gasteiger partial charge in [-0.05, 0) is 31.5 Å². The Morgan fingerprint density at radius 3 is 2.69 bits per heavy atom. The van der Waals surface area contributed by atoms with Crippen LogP contribution in [-0.4, -0.2) is 9.97 Å². The van der Waals surface area contributed by atoms with E-state index in [0.29, 0.717) is 17.1 Å². The molecule has 1 aromatic carbocycles. The highest BCUT2D eigenvalue weighted by atomic mass is 19.1. The first-order valence-corrected chi connectivity index (χ1v) is 5.22. The molecule has 0 fully saturated rings. The number of nitrogens with one attached hydrogen (secondary N) is 1. The molecule has 0 aliphatic carbocycles. The summed E-state index contributed by atoms with van der Waals surface area (Å²) in [5.41, 5.74) is 8.69. The smallest absolute Gasteiger partial charge is 0.137 e. The number of aromatic nitrogens is 2. The molecule has 0 spiro atoms. The average molecular weight is 219 g/mol. The van der Waals surface area contributed by atoms with Gasteiger partial charge in [0.25, 0.3) is 0 Å². The van der Waals surface area contributed by atoms with Crippen LogP contribution < -0.4 is 5.73 Å². The predicted molar refractivity (Wildman–Crippen MR) is 62.5 cm³/mol. The number of hydrogen-bond donors (Lipinski definition) is 2. The van der Waals surface area contributed by atoms with Crippen LogP contribution >= 0.6 is 0 Å². The lowest BCUT2D eigenvalue weighted by atomic mass is 10.2. The molecule has 0 aliphatic heterocycles. The molecule has 0 unspecified atom stereocenters. The maximum Gasteiger partial charge on any atom is 0.137 e. The number of nitrogens with two attached hydrogens (primary N) is 1. The highest BCUT2D eigenvalue weighted by molar-refractivity contribution is 5.62. The Morgan fingerprint density at radius 1 is 1.38 bits per heavy atom. The molecule has 0 radical (unpaired) electrons. The Morgan fingerprint density at radius 2 is 2.12 bits per heavy atom. The summed E-state index contributed by atoms with van der Waals surface area (Å²) in [6.07, 6.45) is 0.854. The van der Waals surface area contributed by atoms with E-state index in [9.17, 15) is 4.39 Å². The number of halogens is 1. The second-order valence-corrected chi connectivity index (χ2v) is 3.78. The number of aryl methyl sites for hydroxylation is 2. The summed E-state index contributed by atoms with van der Waals surface area (Å²) in [4.78, 5) is 7.54. The number of rotatable bonds is 2. The molecule has 84 valence electrons. The molecular weight excluding hydrogens is 205 g/mol. The Hall–Kier alpha value is -1.84. The van der Waals surface area contributed by atoms with Gasteiger partial charge in [-0.3, -0.25) is 0 Å². The third-order valence-corrected chi connectivity index (χ3v) is 2.51. The third kappa shape index (κ3) is 1.91. The molecule has 0 aliphatic rings. The van der Waals surface area contributed by atoms with Gasteiger partial charge < -0.3 is 10.7 Å². The Labute approximate surface area is 93.5 Å². The van der Waals surface area contributed by atoms with Gasteiger partial charge in [0.05, 0.1) is 5.69 Å². The van der Waals surface area contributed by atoms with Crippen LogP contribution in [-0.2, 0) is 6.42 Å². The third-order valence-electron chi connectivity index (χ3n) is 2.51. The molecule has 2 rings (SSSR count). The summed E-state index contributed by atoms with van der Waals surface area (Å²) in [6, 6.07) is 4.43. The minimum atomic E-state index is -0.345. The van der Waals surface area contributed by atoms with E-state index in [-0.39, 0.29) is 5.82 Å². The average Bonchev–Trinajstić information content (AvgIpc) is 2.58. The van der Waals surface area contributed by atoms with Gasteiger partial charge in [0, 0.05) is 16.9 Å². The van der Waals surface area contributed by atoms with E-state index in [1.807, 2.05) is 13.8 Å². The second kappa shape index (κ2) is 3.96. The van der Waals surface area contributed by atoms with Crippen LogP contribution in [0.3, 0.4) is 0 Å². The first-order chi connectivity index (χ1) is 7.60. The van der Waals surface area contributed by atoms with Crippen molar-refractivity contribution >= 4 is 5.69 Å². The van der Waals surface area contributed by atoms with Gasteiger partial charge >= 0.3 is 0 Å². The first kappa shape index (κ1) is 10.7. The summed E-state index contributed by atoms with van der Waals surface area (Å²) in [5.74, 6) is 0.322. The molecule has 16 heavy (non-hydrogen) atoms. The van der Waals surface area contributed by atoms with Crippen LogP contribution in [0.1, 0.15) is 18.3 Å². The maximum atomic E-state index is 13.2. The molecule has 2 aromatic rings. The molecule has 1 heterocycles. The largest absolute Gasteiger partial charge is 0.399 e. The topological polar surface area (TPSA) is 54.7 Å². The van der Waals surface area contributed by atoms with Crippen molar-refractivity contribution in [3.8, 4) is 11.4 Å². The van der Waals surface area contributed by atoms with E-state index in [4.69, 9.17) is 5.73 Å². The van der Waals surface area contributed by atoms with Crippen LogP contribution in [0.4, 0.5) is 10.1 Å². The van der Waals surface area contributed by atoms with E-state index in [2.05, 4.69) is 9.97 Å². The van der Waals surface area contributed by atoms with Crippen molar-refractivity contribution in [2.75, 3.05) is 5.73 Å². The highest BCUT2D eigenvalue weighted by Gasteiger charge is 2.08. The molecule has 3 nitrogen and oxygen atoms in total. The molecule has 0 saturated heterocycles. The summed E-state index contributed by atoms with van der Waals surface area (Å²) in [6.45, 7) is 3.99. The van der Waals surface area contributed by atoms with Gasteiger partial charge in [-0.15, -0.1) is 0 Å². The second-order valence-electron chi connectivity index (χ2n) is 3.78. The Bertz CT molecular complexity index is 497. The number of anilines is 1. The Balaban J connectivity index is 2.49. The minimum absolute atomic E-state index is 0.345. The zero-order valence-electron chi connectivity index (χ0n) is 9.34. The molecule has 0 bridgehead atoms. The van der Waals surface area contributed by atoms with Crippen molar-refractivity contribution < 1.29 is 4.39 Å². The number of aromatic amines is 1. The van der Waals surface area contributed by atoms with Crippen molar-refractivity contribution in [3.63, 3.8) is 0 Å². The van der Waals surface area contributed by atoms with Crippen LogP contribution in [0.15, 0.2) is 18.2 Å². The van der Waals surface area contributed by atoms with Gasteiger partial charge in [0.2, 0.25) is 0 Å². The van der Waals surface area contributed by atoms with Crippen LogP contribution in [0.5, 0.6) is 0 Å². The first-order valence-electron chi connectivity index (χ1n) is 5.22. The van der Waals surface area contributed by atoms with Gasteiger partial charge in [-0.2, -0.15) is 0 Å². The van der Waals surface area contributed by atoms with E-state index < -0.39 is 0 Å². The number of imidazole rings is 1.